The van der Waals surface area contributed by atoms with Gasteiger partial charge in [0, 0.05) is 51.9 Å². The van der Waals surface area contributed by atoms with Gasteiger partial charge in [0.05, 0.1) is 0 Å². The molecule has 1 aromatic carbocycles. The smallest absolute Gasteiger partial charge is 0.317 e. The van der Waals surface area contributed by atoms with E-state index in [1.807, 2.05) is 30.1 Å². The molecule has 0 saturated carbocycles. The highest BCUT2D eigenvalue weighted by atomic mass is 16.2. The fourth-order valence-electron chi connectivity index (χ4n) is 3.11. The van der Waals surface area contributed by atoms with E-state index in [-0.39, 0.29) is 18.0 Å². The first-order valence-corrected chi connectivity index (χ1v) is 9.02. The van der Waals surface area contributed by atoms with Crippen molar-refractivity contribution in [3.05, 3.63) is 30.3 Å². The van der Waals surface area contributed by atoms with Gasteiger partial charge in [0.2, 0.25) is 5.91 Å². The fourth-order valence-corrected chi connectivity index (χ4v) is 3.11. The molecule has 3 amide bonds. The number of hydrogen-bond acceptors (Lipinski definition) is 3. The lowest BCUT2D eigenvalue weighted by atomic mass is 9.93. The van der Waals surface area contributed by atoms with Gasteiger partial charge >= 0.3 is 6.03 Å². The number of anilines is 1. The van der Waals surface area contributed by atoms with Crippen LogP contribution in [0.1, 0.15) is 26.2 Å². The highest BCUT2D eigenvalue weighted by Crippen LogP contribution is 2.20. The number of piperidine rings is 1. The zero-order valence-electron chi connectivity index (χ0n) is 15.5. The Balaban J connectivity index is 1.73. The average Bonchev–Trinajstić information content (AvgIpc) is 2.66. The summed E-state index contributed by atoms with van der Waals surface area (Å²) in [5.41, 5.74) is 1.14. The van der Waals surface area contributed by atoms with E-state index in [4.69, 9.17) is 0 Å². The van der Waals surface area contributed by atoms with E-state index in [9.17, 15) is 9.59 Å². The molecule has 138 valence electrons. The first-order valence-electron chi connectivity index (χ1n) is 9.02. The number of urea groups is 1. The first-order chi connectivity index (χ1) is 12.0. The van der Waals surface area contributed by atoms with E-state index in [1.54, 1.807) is 7.05 Å². The average molecular weight is 346 g/mol. The molecule has 0 unspecified atom stereocenters. The number of carbonyl (C=O) groups excluding carboxylic acids is 2. The second-order valence-electron chi connectivity index (χ2n) is 6.79. The summed E-state index contributed by atoms with van der Waals surface area (Å²) in [5.74, 6) is 0.466. The fraction of sp³-hybridized carbons (Fsp3) is 0.579. The topological polar surface area (TPSA) is 64.7 Å². The van der Waals surface area contributed by atoms with Crippen LogP contribution in [0.2, 0.25) is 0 Å². The maximum atomic E-state index is 12.4. The number of amides is 3. The summed E-state index contributed by atoms with van der Waals surface area (Å²) in [6.45, 7) is 4.14. The number of hydrogen-bond donors (Lipinski definition) is 2. The third-order valence-corrected chi connectivity index (χ3v) is 5.03. The van der Waals surface area contributed by atoms with Gasteiger partial charge in [0.15, 0.2) is 0 Å². The highest BCUT2D eigenvalue weighted by molar-refractivity contribution is 5.76. The Morgan fingerprint density at radius 1 is 1.24 bits per heavy atom. The molecule has 0 radical (unpaired) electrons. The molecule has 2 N–H and O–H groups in total. The third kappa shape index (κ3) is 5.66. The van der Waals surface area contributed by atoms with Crippen molar-refractivity contribution >= 4 is 17.6 Å². The molecule has 1 saturated heterocycles. The molecule has 6 heteroatoms. The molecule has 6 nitrogen and oxygen atoms in total. The van der Waals surface area contributed by atoms with Gasteiger partial charge in [-0.25, -0.2) is 4.79 Å². The largest absolute Gasteiger partial charge is 0.370 e. The zero-order valence-corrected chi connectivity index (χ0v) is 15.5. The quantitative estimate of drug-likeness (QED) is 0.829. The summed E-state index contributed by atoms with van der Waals surface area (Å²) in [5, 5.41) is 5.70. The lowest BCUT2D eigenvalue weighted by molar-refractivity contribution is -0.121. The van der Waals surface area contributed by atoms with Crippen LogP contribution < -0.4 is 15.5 Å². The van der Waals surface area contributed by atoms with E-state index < -0.39 is 0 Å². The third-order valence-electron chi connectivity index (χ3n) is 5.03. The van der Waals surface area contributed by atoms with Crippen molar-refractivity contribution in [1.82, 2.24) is 15.5 Å². The number of likely N-dealkylation sites (N-methyl/N-ethyl adjacent to an activating group) is 1. The summed E-state index contributed by atoms with van der Waals surface area (Å²) in [6.07, 6.45) is 2.34. The molecule has 1 aromatic rings. The normalized spacial score (nSPS) is 16.2. The predicted molar refractivity (Wildman–Crippen MR) is 101 cm³/mol. The Hall–Kier alpha value is -2.24. The van der Waals surface area contributed by atoms with Crippen LogP contribution in [0.4, 0.5) is 10.5 Å². The molecule has 1 aliphatic rings. The van der Waals surface area contributed by atoms with Crippen molar-refractivity contribution in [2.24, 2.45) is 5.92 Å². The van der Waals surface area contributed by atoms with Crippen LogP contribution in [-0.4, -0.2) is 56.6 Å². The molecule has 0 aromatic heterocycles. The molecule has 1 atom stereocenters. The van der Waals surface area contributed by atoms with Crippen molar-refractivity contribution in [2.45, 2.75) is 32.2 Å². The van der Waals surface area contributed by atoms with E-state index in [1.165, 1.54) is 0 Å². The minimum atomic E-state index is -0.00768. The highest BCUT2D eigenvalue weighted by Gasteiger charge is 2.24. The number of carbonyl (C=O) groups is 2. The second-order valence-corrected chi connectivity index (χ2v) is 6.79. The maximum Gasteiger partial charge on any atom is 0.317 e. The molecule has 0 aliphatic carbocycles. The molecular weight excluding hydrogens is 316 g/mol. The summed E-state index contributed by atoms with van der Waals surface area (Å²) < 4.78 is 0. The van der Waals surface area contributed by atoms with Crippen LogP contribution in [0, 0.1) is 5.92 Å². The number of rotatable bonds is 6. The number of nitrogens with one attached hydrogen (secondary N) is 2. The molecule has 1 heterocycles. The monoisotopic (exact) mass is 346 g/mol. The Morgan fingerprint density at radius 3 is 2.48 bits per heavy atom. The Morgan fingerprint density at radius 2 is 1.88 bits per heavy atom. The van der Waals surface area contributed by atoms with Crippen LogP contribution in [0.25, 0.3) is 0 Å². The van der Waals surface area contributed by atoms with Crippen molar-refractivity contribution < 1.29 is 9.59 Å². The Kier molecular flexibility index (Phi) is 7.10. The molecule has 1 aliphatic heterocycles. The summed E-state index contributed by atoms with van der Waals surface area (Å²) >= 11 is 0. The zero-order chi connectivity index (χ0) is 18.2. The SMILES string of the molecule is CNC(=O)CC1CCN(C(=O)NC[C@H](C)N(C)c2ccccc2)CC1. The van der Waals surface area contributed by atoms with Crippen molar-refractivity contribution in [3.63, 3.8) is 0 Å². The van der Waals surface area contributed by atoms with Gasteiger partial charge in [-0.15, -0.1) is 0 Å². The standard InChI is InChI=1S/C19H30N4O2/c1-15(22(3)17-7-5-4-6-8-17)14-21-19(25)23-11-9-16(10-12-23)13-18(24)20-2/h4-8,15-16H,9-14H2,1-3H3,(H,20,24)(H,21,25)/t15-/m0/s1. The number of likely N-dealkylation sites (tertiary alicyclic amines) is 1. The van der Waals surface area contributed by atoms with E-state index >= 15 is 0 Å². The number of nitrogens with zero attached hydrogens (tertiary/aromatic N) is 2. The van der Waals surface area contributed by atoms with Gasteiger partial charge < -0.3 is 20.4 Å². The lowest BCUT2D eigenvalue weighted by Gasteiger charge is -2.33. The minimum absolute atomic E-state index is 0.00768. The summed E-state index contributed by atoms with van der Waals surface area (Å²) in [7, 11) is 3.70. The Labute approximate surface area is 150 Å². The van der Waals surface area contributed by atoms with E-state index in [0.29, 0.717) is 18.9 Å². The van der Waals surface area contributed by atoms with Gasteiger partial charge in [0.25, 0.3) is 0 Å². The molecule has 25 heavy (non-hydrogen) atoms. The van der Waals surface area contributed by atoms with E-state index in [0.717, 1.165) is 31.6 Å². The maximum absolute atomic E-state index is 12.4. The second kappa shape index (κ2) is 9.30. The van der Waals surface area contributed by atoms with Gasteiger partial charge in [-0.05, 0) is 37.8 Å². The van der Waals surface area contributed by atoms with Crippen LogP contribution in [0.3, 0.4) is 0 Å². The number of para-hydroxylation sites is 1. The number of benzene rings is 1. The van der Waals surface area contributed by atoms with Gasteiger partial charge in [-0.3, -0.25) is 4.79 Å². The predicted octanol–water partition coefficient (Wildman–Crippen LogP) is 2.07. The van der Waals surface area contributed by atoms with Crippen LogP contribution in [0.15, 0.2) is 30.3 Å². The molecular formula is C19H30N4O2. The summed E-state index contributed by atoms with van der Waals surface area (Å²) in [6, 6.07) is 10.4. The summed E-state index contributed by atoms with van der Waals surface area (Å²) in [4.78, 5) is 27.8. The first kappa shape index (κ1) is 19.1. The van der Waals surface area contributed by atoms with Gasteiger partial charge in [0.1, 0.15) is 0 Å². The molecule has 0 spiro atoms. The van der Waals surface area contributed by atoms with Crippen molar-refractivity contribution in [1.29, 1.82) is 0 Å². The van der Waals surface area contributed by atoms with E-state index in [2.05, 4.69) is 34.6 Å². The lowest BCUT2D eigenvalue weighted by Crippen LogP contribution is -2.48. The van der Waals surface area contributed by atoms with Crippen LogP contribution in [0.5, 0.6) is 0 Å². The van der Waals surface area contributed by atoms with Gasteiger partial charge in [-0.2, -0.15) is 0 Å². The molecule has 0 bridgehead atoms. The Bertz CT molecular complexity index is 556. The van der Waals surface area contributed by atoms with Crippen LogP contribution >= 0.6 is 0 Å². The van der Waals surface area contributed by atoms with Gasteiger partial charge in [-0.1, -0.05) is 18.2 Å². The van der Waals surface area contributed by atoms with Crippen molar-refractivity contribution in [2.75, 3.05) is 38.6 Å². The molecule has 1 fully saturated rings. The van der Waals surface area contributed by atoms with Crippen molar-refractivity contribution in [3.8, 4) is 0 Å². The minimum Gasteiger partial charge on any atom is -0.370 e. The molecule has 2 rings (SSSR count). The van der Waals surface area contributed by atoms with Crippen LogP contribution in [-0.2, 0) is 4.79 Å².